The molecule has 0 aliphatic carbocycles. The van der Waals surface area contributed by atoms with Gasteiger partial charge < -0.3 is 10.1 Å². The Hall–Kier alpha value is -2.05. The Balaban J connectivity index is 1.95. The zero-order valence-electron chi connectivity index (χ0n) is 12.1. The molecule has 0 aliphatic rings. The summed E-state index contributed by atoms with van der Waals surface area (Å²) >= 11 is 7.25. The van der Waals surface area contributed by atoms with Crippen LogP contribution in [0.15, 0.2) is 47.4 Å². The molecule has 0 fully saturated rings. The molecule has 2 aromatic carbocycles. The van der Waals surface area contributed by atoms with E-state index in [2.05, 4.69) is 5.32 Å². The first-order valence-electron chi connectivity index (χ1n) is 6.56. The van der Waals surface area contributed by atoms with Crippen molar-refractivity contribution in [3.05, 3.63) is 58.9 Å². The lowest BCUT2D eigenvalue weighted by Gasteiger charge is -2.10. The molecule has 1 amide bonds. The average Bonchev–Trinajstić information content (AvgIpc) is 2.53. The van der Waals surface area contributed by atoms with Crippen molar-refractivity contribution >= 4 is 40.9 Å². The second-order valence-electron chi connectivity index (χ2n) is 4.45. The summed E-state index contributed by atoms with van der Waals surface area (Å²) in [6.07, 6.45) is 1.89. The van der Waals surface area contributed by atoms with E-state index in [1.54, 1.807) is 12.1 Å². The minimum absolute atomic E-state index is 0.00498. The number of halogens is 2. The largest absolute Gasteiger partial charge is 0.452 e. The van der Waals surface area contributed by atoms with Crippen LogP contribution in [0.4, 0.5) is 10.1 Å². The number of rotatable bonds is 5. The molecule has 2 rings (SSSR count). The number of para-hydroxylation sites is 1. The third kappa shape index (κ3) is 4.71. The van der Waals surface area contributed by atoms with Crippen LogP contribution in [-0.4, -0.2) is 24.7 Å². The first-order valence-corrected chi connectivity index (χ1v) is 8.16. The molecule has 0 radical (unpaired) electrons. The Morgan fingerprint density at radius 1 is 1.26 bits per heavy atom. The predicted molar refractivity (Wildman–Crippen MR) is 88.5 cm³/mol. The van der Waals surface area contributed by atoms with E-state index in [0.29, 0.717) is 5.69 Å². The molecular formula is C16H13ClFNO3S. The van der Waals surface area contributed by atoms with Gasteiger partial charge >= 0.3 is 5.97 Å². The van der Waals surface area contributed by atoms with Gasteiger partial charge in [-0.3, -0.25) is 4.79 Å². The summed E-state index contributed by atoms with van der Waals surface area (Å²) in [7, 11) is 0. The zero-order chi connectivity index (χ0) is 16.8. The summed E-state index contributed by atoms with van der Waals surface area (Å²) < 4.78 is 17.8. The molecule has 4 nitrogen and oxygen atoms in total. The van der Waals surface area contributed by atoms with Crippen molar-refractivity contribution in [3.63, 3.8) is 0 Å². The zero-order valence-corrected chi connectivity index (χ0v) is 13.7. The number of hydrogen-bond acceptors (Lipinski definition) is 4. The van der Waals surface area contributed by atoms with Gasteiger partial charge in [-0.05, 0) is 36.6 Å². The standard InChI is InChI=1S/C16H13ClFNO3S/c1-23-14-5-3-2-4-13(14)19-15(20)9-22-16(21)11-7-6-10(18)8-12(11)17/h2-8H,9H2,1H3,(H,19,20). The van der Waals surface area contributed by atoms with Gasteiger partial charge in [0, 0.05) is 4.90 Å². The maximum Gasteiger partial charge on any atom is 0.340 e. The van der Waals surface area contributed by atoms with Crippen LogP contribution in [0, 0.1) is 5.82 Å². The molecule has 0 aliphatic heterocycles. The van der Waals surface area contributed by atoms with E-state index in [0.717, 1.165) is 17.0 Å². The first kappa shape index (κ1) is 17.3. The van der Waals surface area contributed by atoms with Gasteiger partial charge in [0.25, 0.3) is 5.91 Å². The van der Waals surface area contributed by atoms with Crippen molar-refractivity contribution in [2.24, 2.45) is 0 Å². The molecule has 1 N–H and O–H groups in total. The van der Waals surface area contributed by atoms with E-state index >= 15 is 0 Å². The Morgan fingerprint density at radius 3 is 2.70 bits per heavy atom. The molecule has 0 heterocycles. The number of thioether (sulfide) groups is 1. The lowest BCUT2D eigenvalue weighted by Crippen LogP contribution is -2.21. The average molecular weight is 354 g/mol. The second kappa shape index (κ2) is 7.99. The molecule has 120 valence electrons. The molecule has 0 saturated carbocycles. The highest BCUT2D eigenvalue weighted by Crippen LogP contribution is 2.24. The van der Waals surface area contributed by atoms with E-state index in [1.165, 1.54) is 17.8 Å². The molecule has 0 atom stereocenters. The quantitative estimate of drug-likeness (QED) is 0.652. The fraction of sp³-hybridized carbons (Fsp3) is 0.125. The minimum Gasteiger partial charge on any atom is -0.452 e. The van der Waals surface area contributed by atoms with Crippen LogP contribution in [0.2, 0.25) is 5.02 Å². The fourth-order valence-electron chi connectivity index (χ4n) is 1.80. The molecule has 0 aromatic heterocycles. The molecule has 7 heteroatoms. The van der Waals surface area contributed by atoms with E-state index < -0.39 is 24.3 Å². The number of hydrogen-bond donors (Lipinski definition) is 1. The van der Waals surface area contributed by atoms with Crippen LogP contribution < -0.4 is 5.32 Å². The van der Waals surface area contributed by atoms with Crippen LogP contribution in [-0.2, 0) is 9.53 Å². The van der Waals surface area contributed by atoms with Gasteiger partial charge in [0.2, 0.25) is 0 Å². The van der Waals surface area contributed by atoms with Gasteiger partial charge in [-0.1, -0.05) is 23.7 Å². The van der Waals surface area contributed by atoms with Crippen LogP contribution in [0.25, 0.3) is 0 Å². The fourth-order valence-corrected chi connectivity index (χ4v) is 2.60. The maximum absolute atomic E-state index is 12.9. The molecule has 23 heavy (non-hydrogen) atoms. The summed E-state index contributed by atoms with van der Waals surface area (Å²) in [6.45, 7) is -0.463. The van der Waals surface area contributed by atoms with E-state index in [-0.39, 0.29) is 10.6 Å². The van der Waals surface area contributed by atoms with Gasteiger partial charge in [0.15, 0.2) is 6.61 Å². The molecule has 0 saturated heterocycles. The summed E-state index contributed by atoms with van der Waals surface area (Å²) in [5.41, 5.74) is 0.645. The monoisotopic (exact) mass is 353 g/mol. The number of nitrogens with one attached hydrogen (secondary N) is 1. The minimum atomic E-state index is -0.789. The number of benzene rings is 2. The van der Waals surface area contributed by atoms with E-state index in [4.69, 9.17) is 16.3 Å². The second-order valence-corrected chi connectivity index (χ2v) is 5.70. The maximum atomic E-state index is 12.9. The van der Waals surface area contributed by atoms with Gasteiger partial charge in [-0.25, -0.2) is 9.18 Å². The van der Waals surface area contributed by atoms with Gasteiger partial charge in [-0.15, -0.1) is 11.8 Å². The van der Waals surface area contributed by atoms with Gasteiger partial charge in [0.05, 0.1) is 16.3 Å². The number of carbonyl (C=O) groups is 2. The highest BCUT2D eigenvalue weighted by Gasteiger charge is 2.15. The Labute approximate surface area is 142 Å². The van der Waals surface area contributed by atoms with Crippen LogP contribution in [0.1, 0.15) is 10.4 Å². The van der Waals surface area contributed by atoms with Crippen LogP contribution in [0.5, 0.6) is 0 Å². The lowest BCUT2D eigenvalue weighted by molar-refractivity contribution is -0.119. The summed E-state index contributed by atoms with van der Waals surface area (Å²) in [4.78, 5) is 24.6. The third-order valence-electron chi connectivity index (χ3n) is 2.87. The molecule has 0 bridgehead atoms. The summed E-state index contributed by atoms with van der Waals surface area (Å²) in [5.74, 6) is -1.82. The highest BCUT2D eigenvalue weighted by atomic mass is 35.5. The summed E-state index contributed by atoms with van der Waals surface area (Å²) in [6, 6.07) is 10.6. The first-order chi connectivity index (χ1) is 11.0. The Morgan fingerprint density at radius 2 is 2.00 bits per heavy atom. The Kier molecular flexibility index (Phi) is 6.01. The number of amides is 1. The van der Waals surface area contributed by atoms with Crippen LogP contribution in [0.3, 0.4) is 0 Å². The number of ether oxygens (including phenoxy) is 1. The van der Waals surface area contributed by atoms with Crippen LogP contribution >= 0.6 is 23.4 Å². The van der Waals surface area contributed by atoms with E-state index in [9.17, 15) is 14.0 Å². The number of carbonyl (C=O) groups excluding carboxylic acids is 2. The van der Waals surface area contributed by atoms with Crippen molar-refractivity contribution in [1.82, 2.24) is 0 Å². The lowest BCUT2D eigenvalue weighted by atomic mass is 10.2. The molecule has 0 unspecified atom stereocenters. The topological polar surface area (TPSA) is 55.4 Å². The Bertz CT molecular complexity index is 739. The number of esters is 1. The van der Waals surface area contributed by atoms with Crippen molar-refractivity contribution in [1.29, 1.82) is 0 Å². The van der Waals surface area contributed by atoms with Crippen molar-refractivity contribution in [3.8, 4) is 0 Å². The molecular weight excluding hydrogens is 341 g/mol. The van der Waals surface area contributed by atoms with Gasteiger partial charge in [0.1, 0.15) is 5.82 Å². The molecule has 2 aromatic rings. The molecule has 0 spiro atoms. The summed E-state index contributed by atoms with van der Waals surface area (Å²) in [5, 5.41) is 2.60. The van der Waals surface area contributed by atoms with Crippen molar-refractivity contribution in [2.75, 3.05) is 18.2 Å². The number of anilines is 1. The van der Waals surface area contributed by atoms with Crippen molar-refractivity contribution < 1.29 is 18.7 Å². The third-order valence-corrected chi connectivity index (χ3v) is 3.97. The smallest absolute Gasteiger partial charge is 0.340 e. The van der Waals surface area contributed by atoms with Crippen molar-refractivity contribution in [2.45, 2.75) is 4.90 Å². The normalized spacial score (nSPS) is 10.2. The van der Waals surface area contributed by atoms with Gasteiger partial charge in [-0.2, -0.15) is 0 Å². The highest BCUT2D eigenvalue weighted by molar-refractivity contribution is 7.98. The predicted octanol–water partition coefficient (Wildman–Crippen LogP) is 4.00. The SMILES string of the molecule is CSc1ccccc1NC(=O)COC(=O)c1ccc(F)cc1Cl. The van der Waals surface area contributed by atoms with E-state index in [1.807, 2.05) is 18.4 Å².